The van der Waals surface area contributed by atoms with Gasteiger partial charge < -0.3 is 10.6 Å². The second-order valence-corrected chi connectivity index (χ2v) is 5.86. The van der Waals surface area contributed by atoms with Crippen molar-refractivity contribution >= 4 is 21.8 Å². The number of benzene rings is 1. The van der Waals surface area contributed by atoms with Crippen molar-refractivity contribution in [3.05, 3.63) is 33.8 Å². The first-order valence-corrected chi connectivity index (χ1v) is 6.74. The second kappa shape index (κ2) is 4.10. The largest absolute Gasteiger partial charge is 0.349 e. The number of hydrogen-bond acceptors (Lipinski definition) is 2. The summed E-state index contributed by atoms with van der Waals surface area (Å²) in [6.07, 6.45) is 0. The third-order valence-electron chi connectivity index (χ3n) is 3.82. The van der Waals surface area contributed by atoms with E-state index in [0.717, 1.165) is 28.7 Å². The van der Waals surface area contributed by atoms with Crippen LogP contribution in [0.5, 0.6) is 0 Å². The molecule has 1 saturated carbocycles. The van der Waals surface area contributed by atoms with Crippen LogP contribution in [0, 0.1) is 18.8 Å². The molecule has 3 nitrogen and oxygen atoms in total. The van der Waals surface area contributed by atoms with Crippen LogP contribution in [0.1, 0.15) is 15.9 Å². The van der Waals surface area contributed by atoms with E-state index in [4.69, 9.17) is 0 Å². The molecule has 1 aliphatic carbocycles. The molecule has 1 aromatic rings. The summed E-state index contributed by atoms with van der Waals surface area (Å²) < 4.78 is 1.01. The van der Waals surface area contributed by atoms with E-state index in [1.165, 1.54) is 0 Å². The van der Waals surface area contributed by atoms with Crippen LogP contribution in [0.2, 0.25) is 0 Å². The highest BCUT2D eigenvalue weighted by molar-refractivity contribution is 9.10. The molecule has 0 bridgehead atoms. The van der Waals surface area contributed by atoms with E-state index in [-0.39, 0.29) is 5.91 Å². The van der Waals surface area contributed by atoms with Crippen LogP contribution in [0.15, 0.2) is 22.7 Å². The number of fused-ring (bicyclic) bond motifs is 1. The third kappa shape index (κ3) is 2.00. The van der Waals surface area contributed by atoms with Gasteiger partial charge in [0.25, 0.3) is 5.91 Å². The predicted octanol–water partition coefficient (Wildman–Crippen LogP) is 1.71. The lowest BCUT2D eigenvalue weighted by atomic mass is 10.1. The molecule has 2 unspecified atom stereocenters. The van der Waals surface area contributed by atoms with Gasteiger partial charge in [0.05, 0.1) is 0 Å². The van der Waals surface area contributed by atoms with Gasteiger partial charge in [-0.15, -0.1) is 0 Å². The summed E-state index contributed by atoms with van der Waals surface area (Å²) in [5.74, 6) is 1.39. The number of piperidine rings is 1. The molecular formula is C13H15BrN2O. The van der Waals surface area contributed by atoms with E-state index in [2.05, 4.69) is 26.6 Å². The zero-order valence-corrected chi connectivity index (χ0v) is 11.3. The minimum atomic E-state index is 0.0643. The van der Waals surface area contributed by atoms with Crippen molar-refractivity contribution in [2.75, 3.05) is 13.1 Å². The minimum Gasteiger partial charge on any atom is -0.349 e. The molecule has 2 atom stereocenters. The van der Waals surface area contributed by atoms with E-state index in [1.807, 2.05) is 25.1 Å². The van der Waals surface area contributed by atoms with Gasteiger partial charge in [-0.1, -0.05) is 15.9 Å². The fraction of sp³-hybridized carbons (Fsp3) is 0.462. The lowest BCUT2D eigenvalue weighted by Gasteiger charge is -2.09. The number of rotatable bonds is 2. The van der Waals surface area contributed by atoms with Crippen LogP contribution >= 0.6 is 15.9 Å². The van der Waals surface area contributed by atoms with Gasteiger partial charge in [0.1, 0.15) is 0 Å². The SMILES string of the molecule is Cc1cc(Br)ccc1C(=O)NC1C2CNCC21. The van der Waals surface area contributed by atoms with Gasteiger partial charge in [0, 0.05) is 29.2 Å². The molecule has 1 amide bonds. The van der Waals surface area contributed by atoms with Crippen LogP contribution in [0.25, 0.3) is 0 Å². The van der Waals surface area contributed by atoms with Crippen molar-refractivity contribution in [1.82, 2.24) is 10.6 Å². The van der Waals surface area contributed by atoms with Gasteiger partial charge in [-0.3, -0.25) is 4.79 Å². The molecule has 17 heavy (non-hydrogen) atoms. The van der Waals surface area contributed by atoms with Gasteiger partial charge in [0.15, 0.2) is 0 Å². The zero-order valence-electron chi connectivity index (χ0n) is 9.66. The van der Waals surface area contributed by atoms with Crippen LogP contribution < -0.4 is 10.6 Å². The highest BCUT2D eigenvalue weighted by Gasteiger charge is 2.53. The number of nitrogens with one attached hydrogen (secondary N) is 2. The lowest BCUT2D eigenvalue weighted by Crippen LogP contribution is -2.32. The van der Waals surface area contributed by atoms with Crippen LogP contribution in [-0.4, -0.2) is 25.0 Å². The first kappa shape index (κ1) is 11.2. The Bertz CT molecular complexity index is 464. The summed E-state index contributed by atoms with van der Waals surface area (Å²) in [6, 6.07) is 6.17. The molecule has 0 spiro atoms. The average Bonchev–Trinajstić information content (AvgIpc) is 2.74. The lowest BCUT2D eigenvalue weighted by molar-refractivity contribution is 0.0946. The van der Waals surface area contributed by atoms with Crippen molar-refractivity contribution in [2.45, 2.75) is 13.0 Å². The maximum atomic E-state index is 12.1. The number of amides is 1. The molecule has 2 fully saturated rings. The number of halogens is 1. The number of hydrogen-bond donors (Lipinski definition) is 2. The molecule has 2 aliphatic rings. The molecule has 1 aromatic carbocycles. The monoisotopic (exact) mass is 294 g/mol. The Morgan fingerprint density at radius 1 is 1.41 bits per heavy atom. The van der Waals surface area contributed by atoms with E-state index in [0.29, 0.717) is 17.9 Å². The Morgan fingerprint density at radius 3 is 2.76 bits per heavy atom. The maximum absolute atomic E-state index is 12.1. The molecule has 1 saturated heterocycles. The van der Waals surface area contributed by atoms with Gasteiger partial charge in [0.2, 0.25) is 0 Å². The van der Waals surface area contributed by atoms with E-state index in [1.54, 1.807) is 0 Å². The summed E-state index contributed by atoms with van der Waals surface area (Å²) in [4.78, 5) is 12.1. The first-order valence-electron chi connectivity index (χ1n) is 5.94. The molecule has 90 valence electrons. The van der Waals surface area contributed by atoms with Crippen LogP contribution in [0.3, 0.4) is 0 Å². The van der Waals surface area contributed by atoms with Crippen molar-refractivity contribution in [3.8, 4) is 0 Å². The number of aryl methyl sites for hydroxylation is 1. The van der Waals surface area contributed by atoms with Crippen molar-refractivity contribution in [2.24, 2.45) is 11.8 Å². The second-order valence-electron chi connectivity index (χ2n) is 4.94. The first-order chi connectivity index (χ1) is 8.16. The summed E-state index contributed by atoms with van der Waals surface area (Å²) in [5, 5.41) is 6.46. The fourth-order valence-corrected chi connectivity index (χ4v) is 3.22. The predicted molar refractivity (Wildman–Crippen MR) is 70.0 cm³/mol. The summed E-state index contributed by atoms with van der Waals surface area (Å²) in [5.41, 5.74) is 1.80. The van der Waals surface area contributed by atoms with Crippen molar-refractivity contribution in [3.63, 3.8) is 0 Å². The van der Waals surface area contributed by atoms with E-state index >= 15 is 0 Å². The molecule has 2 N–H and O–H groups in total. The maximum Gasteiger partial charge on any atom is 0.251 e. The number of carbonyl (C=O) groups excluding carboxylic acids is 1. The molecule has 1 aliphatic heterocycles. The van der Waals surface area contributed by atoms with Gasteiger partial charge in [-0.05, 0) is 42.5 Å². The quantitative estimate of drug-likeness (QED) is 0.872. The van der Waals surface area contributed by atoms with Gasteiger partial charge in [-0.2, -0.15) is 0 Å². The number of carbonyl (C=O) groups is 1. The van der Waals surface area contributed by atoms with Crippen molar-refractivity contribution in [1.29, 1.82) is 0 Å². The summed E-state index contributed by atoms with van der Waals surface area (Å²) >= 11 is 3.41. The molecular weight excluding hydrogens is 280 g/mol. The Balaban J connectivity index is 1.70. The summed E-state index contributed by atoms with van der Waals surface area (Å²) in [6.45, 7) is 4.07. The third-order valence-corrected chi connectivity index (χ3v) is 4.32. The Labute approximate surface area is 109 Å². The topological polar surface area (TPSA) is 41.1 Å². The fourth-order valence-electron chi connectivity index (χ4n) is 2.74. The normalized spacial score (nSPS) is 29.9. The molecule has 0 aromatic heterocycles. The Hall–Kier alpha value is -0.870. The van der Waals surface area contributed by atoms with Gasteiger partial charge >= 0.3 is 0 Å². The van der Waals surface area contributed by atoms with Crippen LogP contribution in [0.4, 0.5) is 0 Å². The molecule has 0 radical (unpaired) electrons. The minimum absolute atomic E-state index is 0.0643. The zero-order chi connectivity index (χ0) is 12.0. The highest BCUT2D eigenvalue weighted by atomic mass is 79.9. The molecule has 1 heterocycles. The van der Waals surface area contributed by atoms with E-state index in [9.17, 15) is 4.79 Å². The average molecular weight is 295 g/mol. The summed E-state index contributed by atoms with van der Waals surface area (Å²) in [7, 11) is 0. The standard InChI is InChI=1S/C13H15BrN2O/c1-7-4-8(14)2-3-9(7)13(17)16-12-10-5-15-6-11(10)12/h2-4,10-12,15H,5-6H2,1H3,(H,16,17). The van der Waals surface area contributed by atoms with Crippen molar-refractivity contribution < 1.29 is 4.79 Å². The van der Waals surface area contributed by atoms with E-state index < -0.39 is 0 Å². The highest BCUT2D eigenvalue weighted by Crippen LogP contribution is 2.41. The molecule has 3 rings (SSSR count). The van der Waals surface area contributed by atoms with Crippen LogP contribution in [-0.2, 0) is 0 Å². The Kier molecular flexibility index (Phi) is 2.71. The smallest absolute Gasteiger partial charge is 0.251 e. The van der Waals surface area contributed by atoms with Gasteiger partial charge in [-0.25, -0.2) is 0 Å². The Morgan fingerprint density at radius 2 is 2.12 bits per heavy atom. The molecule has 4 heteroatoms.